The van der Waals surface area contributed by atoms with Crippen LogP contribution in [-0.4, -0.2) is 32.5 Å². The van der Waals surface area contributed by atoms with Gasteiger partial charge in [-0.1, -0.05) is 0 Å². The Morgan fingerprint density at radius 2 is 2.00 bits per heavy atom. The molecule has 1 heterocycles. The van der Waals surface area contributed by atoms with Crippen molar-refractivity contribution in [1.29, 1.82) is 0 Å². The van der Waals surface area contributed by atoms with Gasteiger partial charge < -0.3 is 10.6 Å². The van der Waals surface area contributed by atoms with E-state index in [0.717, 1.165) is 32.6 Å². The largest absolute Gasteiger partial charge is 0.315 e. The smallest absolute Gasteiger partial charge is 0.203 e. The minimum Gasteiger partial charge on any atom is -0.315 e. The molecule has 3 heteroatoms. The summed E-state index contributed by atoms with van der Waals surface area (Å²) in [4.78, 5) is 10.2. The van der Waals surface area contributed by atoms with E-state index in [1.54, 1.807) is 0 Å². The molecule has 1 aliphatic rings. The number of nitrogens with one attached hydrogen (secondary N) is 2. The van der Waals surface area contributed by atoms with Gasteiger partial charge in [0.25, 0.3) is 0 Å². The van der Waals surface area contributed by atoms with E-state index < -0.39 is 0 Å². The van der Waals surface area contributed by atoms with Crippen LogP contribution in [0.4, 0.5) is 0 Å². The van der Waals surface area contributed by atoms with Crippen LogP contribution in [0.3, 0.4) is 0 Å². The maximum absolute atomic E-state index is 10.2. The molecule has 1 aliphatic heterocycles. The Labute approximate surface area is 61.2 Å². The first kappa shape index (κ1) is 7.69. The van der Waals surface area contributed by atoms with Crippen molar-refractivity contribution in [2.45, 2.75) is 6.42 Å². The molecule has 0 bridgehead atoms. The third-order valence-electron chi connectivity index (χ3n) is 1.71. The molecule has 3 nitrogen and oxygen atoms in total. The lowest BCUT2D eigenvalue weighted by Gasteiger charge is -2.15. The molecule has 1 saturated heterocycles. The van der Waals surface area contributed by atoms with Crippen LogP contribution in [-0.2, 0) is 4.79 Å². The summed E-state index contributed by atoms with van der Waals surface area (Å²) in [6, 6.07) is 0. The minimum absolute atomic E-state index is 0.0906. The molecule has 1 atom stereocenters. The maximum Gasteiger partial charge on any atom is 0.203 e. The number of rotatable bonds is 1. The second kappa shape index (κ2) is 4.41. The molecule has 0 amide bonds. The molecule has 1 rings (SSSR count). The summed E-state index contributed by atoms with van der Waals surface area (Å²) in [5, 5.41) is 6.37. The van der Waals surface area contributed by atoms with Crippen LogP contribution in [0.15, 0.2) is 0 Å². The normalized spacial score (nSPS) is 28.6. The Hall–Kier alpha value is -0.410. The SMILES string of the molecule is O=[C]C1CCNCCNC1. The van der Waals surface area contributed by atoms with E-state index in [1.165, 1.54) is 0 Å². The number of hydrogen-bond donors (Lipinski definition) is 2. The van der Waals surface area contributed by atoms with Crippen LogP contribution in [0.5, 0.6) is 0 Å². The number of carbonyl (C=O) groups excluding carboxylic acids is 1. The lowest BCUT2D eigenvalue weighted by Crippen LogP contribution is -2.36. The van der Waals surface area contributed by atoms with E-state index in [0.29, 0.717) is 0 Å². The first-order valence-corrected chi connectivity index (χ1v) is 3.72. The molecule has 0 aromatic rings. The molecule has 0 aliphatic carbocycles. The van der Waals surface area contributed by atoms with Gasteiger partial charge in [-0.2, -0.15) is 0 Å². The molecule has 0 spiro atoms. The molecular formula is C7H13N2O. The highest BCUT2D eigenvalue weighted by atomic mass is 16.1. The van der Waals surface area contributed by atoms with Crippen molar-refractivity contribution in [3.8, 4) is 0 Å². The molecule has 0 aromatic heterocycles. The van der Waals surface area contributed by atoms with Gasteiger partial charge >= 0.3 is 0 Å². The highest BCUT2D eigenvalue weighted by molar-refractivity contribution is 5.54. The van der Waals surface area contributed by atoms with Crippen LogP contribution >= 0.6 is 0 Å². The van der Waals surface area contributed by atoms with Crippen molar-refractivity contribution < 1.29 is 4.79 Å². The molecule has 10 heavy (non-hydrogen) atoms. The first-order chi connectivity index (χ1) is 4.93. The summed E-state index contributed by atoms with van der Waals surface area (Å²) >= 11 is 0. The lowest BCUT2D eigenvalue weighted by molar-refractivity contribution is 0.449. The van der Waals surface area contributed by atoms with E-state index in [9.17, 15) is 4.79 Å². The summed E-state index contributed by atoms with van der Waals surface area (Å²) in [5.74, 6) is 0.0906. The Bertz CT molecular complexity index is 97.8. The van der Waals surface area contributed by atoms with Gasteiger partial charge in [0.2, 0.25) is 6.29 Å². The third-order valence-corrected chi connectivity index (χ3v) is 1.71. The highest BCUT2D eigenvalue weighted by Crippen LogP contribution is 1.96. The molecule has 1 radical (unpaired) electrons. The van der Waals surface area contributed by atoms with Gasteiger partial charge in [-0.05, 0) is 13.0 Å². The van der Waals surface area contributed by atoms with Crippen molar-refractivity contribution in [2.24, 2.45) is 5.92 Å². The van der Waals surface area contributed by atoms with Gasteiger partial charge in [0.15, 0.2) is 0 Å². The maximum atomic E-state index is 10.2. The average Bonchev–Trinajstić information content (AvgIpc) is 1.87. The monoisotopic (exact) mass is 141 g/mol. The summed E-state index contributed by atoms with van der Waals surface area (Å²) < 4.78 is 0. The van der Waals surface area contributed by atoms with E-state index in [2.05, 4.69) is 10.6 Å². The second-order valence-corrected chi connectivity index (χ2v) is 2.56. The standard InChI is InChI=1S/C7H13N2O/c10-6-7-1-2-8-3-4-9-5-7/h7-9H,1-5H2. The second-order valence-electron chi connectivity index (χ2n) is 2.56. The fourth-order valence-electron chi connectivity index (χ4n) is 1.06. The quantitative estimate of drug-likeness (QED) is 0.507. The van der Waals surface area contributed by atoms with Gasteiger partial charge in [0.05, 0.1) is 0 Å². The van der Waals surface area contributed by atoms with Crippen LogP contribution < -0.4 is 10.6 Å². The Morgan fingerprint density at radius 3 is 2.80 bits per heavy atom. The van der Waals surface area contributed by atoms with Crippen LogP contribution in [0, 0.1) is 5.92 Å². The predicted molar refractivity (Wildman–Crippen MR) is 39.5 cm³/mol. The van der Waals surface area contributed by atoms with E-state index in [1.807, 2.05) is 6.29 Å². The molecule has 1 unspecified atom stereocenters. The highest BCUT2D eigenvalue weighted by Gasteiger charge is 2.08. The van der Waals surface area contributed by atoms with Gasteiger partial charge in [0.1, 0.15) is 0 Å². The molecule has 0 saturated carbocycles. The Morgan fingerprint density at radius 1 is 1.20 bits per heavy atom. The van der Waals surface area contributed by atoms with Crippen molar-refractivity contribution in [2.75, 3.05) is 26.2 Å². The first-order valence-electron chi connectivity index (χ1n) is 3.72. The Kier molecular flexibility index (Phi) is 3.40. The van der Waals surface area contributed by atoms with E-state index in [4.69, 9.17) is 0 Å². The van der Waals surface area contributed by atoms with E-state index in [-0.39, 0.29) is 5.92 Å². The topological polar surface area (TPSA) is 41.1 Å². The zero-order valence-corrected chi connectivity index (χ0v) is 6.02. The molecule has 0 aromatic carbocycles. The number of hydrogen-bond acceptors (Lipinski definition) is 3. The van der Waals surface area contributed by atoms with Crippen molar-refractivity contribution in [3.05, 3.63) is 0 Å². The molecule has 57 valence electrons. The van der Waals surface area contributed by atoms with Crippen LogP contribution in [0.2, 0.25) is 0 Å². The van der Waals surface area contributed by atoms with Crippen molar-refractivity contribution in [3.63, 3.8) is 0 Å². The summed E-state index contributed by atoms with van der Waals surface area (Å²) in [6.45, 7) is 3.70. The molecule has 2 N–H and O–H groups in total. The molecule has 1 fully saturated rings. The van der Waals surface area contributed by atoms with Gasteiger partial charge in [-0.3, -0.25) is 4.79 Å². The predicted octanol–water partition coefficient (Wildman–Crippen LogP) is -0.705. The lowest BCUT2D eigenvalue weighted by atomic mass is 10.1. The van der Waals surface area contributed by atoms with Gasteiger partial charge in [-0.15, -0.1) is 0 Å². The fourth-order valence-corrected chi connectivity index (χ4v) is 1.06. The van der Waals surface area contributed by atoms with Crippen LogP contribution in [0.25, 0.3) is 0 Å². The minimum atomic E-state index is 0.0906. The zero-order valence-electron chi connectivity index (χ0n) is 6.02. The molecular weight excluding hydrogens is 128 g/mol. The summed E-state index contributed by atoms with van der Waals surface area (Å²) in [7, 11) is 0. The van der Waals surface area contributed by atoms with E-state index >= 15 is 0 Å². The van der Waals surface area contributed by atoms with Gasteiger partial charge in [-0.25, -0.2) is 0 Å². The fraction of sp³-hybridized carbons (Fsp3) is 0.857. The Balaban J connectivity index is 2.22. The van der Waals surface area contributed by atoms with Gasteiger partial charge in [0, 0.05) is 25.6 Å². The van der Waals surface area contributed by atoms with Crippen molar-refractivity contribution in [1.82, 2.24) is 10.6 Å². The zero-order chi connectivity index (χ0) is 7.23. The summed E-state index contributed by atoms with van der Waals surface area (Å²) in [6.07, 6.45) is 2.93. The van der Waals surface area contributed by atoms with Crippen molar-refractivity contribution >= 4 is 6.29 Å². The van der Waals surface area contributed by atoms with Crippen LogP contribution in [0.1, 0.15) is 6.42 Å². The summed E-state index contributed by atoms with van der Waals surface area (Å²) in [5.41, 5.74) is 0. The average molecular weight is 141 g/mol. The third kappa shape index (κ3) is 2.45.